The number of primary amides is 1. The number of hydrogen-bond donors (Lipinski definition) is 2. The molecule has 6 rings (SSSR count). The zero-order chi connectivity index (χ0) is 34.4. The number of nitrogens with one attached hydrogen (secondary N) is 1. The average molecular weight is 663 g/mol. The van der Waals surface area contributed by atoms with E-state index in [1.165, 1.54) is 30.5 Å². The first-order valence-electron chi connectivity index (χ1n) is 16.1. The van der Waals surface area contributed by atoms with Crippen molar-refractivity contribution in [2.45, 2.75) is 52.5 Å². The Morgan fingerprint density at radius 2 is 1.54 bits per heavy atom. The minimum absolute atomic E-state index is 0.0504. The van der Waals surface area contributed by atoms with E-state index in [4.69, 9.17) is 10.5 Å². The van der Waals surface area contributed by atoms with Gasteiger partial charge in [0.1, 0.15) is 17.7 Å². The third kappa shape index (κ3) is 6.82. The molecule has 2 aliphatic heterocycles. The SMILES string of the molecule is C[C@@H](OCc1ccc(F)cc1)[C@H](NC(=O)C1CN(C(=O)c2cnn(Cc3ccc(F)cc3)c2)CC12CN(C(=O)[C@H]1CC1(C)C)C2)C(N)=O. The lowest BCUT2D eigenvalue weighted by atomic mass is 9.70. The zero-order valence-electron chi connectivity index (χ0n) is 27.2. The predicted octanol–water partition coefficient (Wildman–Crippen LogP) is 2.73. The van der Waals surface area contributed by atoms with E-state index in [2.05, 4.69) is 24.3 Å². The molecule has 2 aromatic carbocycles. The lowest BCUT2D eigenvalue weighted by Gasteiger charge is -2.50. The number of benzene rings is 2. The summed E-state index contributed by atoms with van der Waals surface area (Å²) in [4.78, 5) is 56.8. The number of carbonyl (C=O) groups excluding carboxylic acids is 4. The summed E-state index contributed by atoms with van der Waals surface area (Å²) >= 11 is 0. The van der Waals surface area contributed by atoms with Gasteiger partial charge in [-0.2, -0.15) is 5.10 Å². The molecule has 3 N–H and O–H groups in total. The molecule has 2 saturated heterocycles. The van der Waals surface area contributed by atoms with E-state index in [-0.39, 0.29) is 54.5 Å². The highest BCUT2D eigenvalue weighted by Gasteiger charge is 2.62. The topological polar surface area (TPSA) is 140 Å². The number of halogens is 2. The third-order valence-electron chi connectivity index (χ3n) is 10.0. The second-order valence-electron chi connectivity index (χ2n) is 14.1. The molecule has 1 unspecified atom stereocenters. The molecule has 254 valence electrons. The van der Waals surface area contributed by atoms with Gasteiger partial charge >= 0.3 is 0 Å². The summed E-state index contributed by atoms with van der Waals surface area (Å²) in [6, 6.07) is 10.6. The van der Waals surface area contributed by atoms with E-state index >= 15 is 0 Å². The summed E-state index contributed by atoms with van der Waals surface area (Å²) < 4.78 is 34.1. The van der Waals surface area contributed by atoms with Gasteiger partial charge in [-0.1, -0.05) is 38.1 Å². The Morgan fingerprint density at radius 3 is 2.12 bits per heavy atom. The lowest BCUT2D eigenvalue weighted by Crippen LogP contribution is -2.65. The molecule has 0 radical (unpaired) electrons. The summed E-state index contributed by atoms with van der Waals surface area (Å²) in [6.45, 7) is 7.05. The number of ether oxygens (including phenoxy) is 1. The Labute approximate surface area is 277 Å². The van der Waals surface area contributed by atoms with Crippen molar-refractivity contribution in [3.63, 3.8) is 0 Å². The Hall–Kier alpha value is -4.65. The van der Waals surface area contributed by atoms with Crippen LogP contribution in [-0.4, -0.2) is 81.5 Å². The molecule has 1 aliphatic carbocycles. The number of nitrogens with zero attached hydrogens (tertiary/aromatic N) is 4. The molecule has 4 atom stereocenters. The van der Waals surface area contributed by atoms with Gasteiger partial charge in [0.2, 0.25) is 17.7 Å². The van der Waals surface area contributed by atoms with E-state index in [0.717, 1.165) is 12.0 Å². The molecule has 13 heteroatoms. The minimum atomic E-state index is -1.17. The summed E-state index contributed by atoms with van der Waals surface area (Å²) in [5.41, 5.74) is 6.77. The average Bonchev–Trinajstić information content (AvgIpc) is 3.35. The number of carbonyl (C=O) groups is 4. The van der Waals surface area contributed by atoms with E-state index in [9.17, 15) is 28.0 Å². The Balaban J connectivity index is 1.16. The van der Waals surface area contributed by atoms with Crippen LogP contribution in [0.15, 0.2) is 60.9 Å². The van der Waals surface area contributed by atoms with Crippen LogP contribution in [0, 0.1) is 34.3 Å². The van der Waals surface area contributed by atoms with Crippen LogP contribution < -0.4 is 11.1 Å². The Bertz CT molecular complexity index is 1700. The second kappa shape index (κ2) is 12.8. The number of rotatable bonds is 11. The van der Waals surface area contributed by atoms with Crippen molar-refractivity contribution in [1.29, 1.82) is 0 Å². The molecular formula is C35H40F2N6O5. The van der Waals surface area contributed by atoms with Crippen molar-refractivity contribution in [1.82, 2.24) is 24.9 Å². The van der Waals surface area contributed by atoms with Gasteiger partial charge < -0.3 is 25.6 Å². The molecule has 1 aromatic heterocycles. The smallest absolute Gasteiger partial charge is 0.257 e. The lowest BCUT2D eigenvalue weighted by molar-refractivity contribution is -0.152. The monoisotopic (exact) mass is 662 g/mol. The van der Waals surface area contributed by atoms with Crippen LogP contribution in [0.4, 0.5) is 8.78 Å². The molecule has 3 aliphatic rings. The van der Waals surface area contributed by atoms with E-state index < -0.39 is 35.3 Å². The van der Waals surface area contributed by atoms with E-state index in [1.807, 2.05) is 0 Å². The molecule has 1 saturated carbocycles. The number of likely N-dealkylation sites (tertiary alicyclic amines) is 2. The fourth-order valence-corrected chi connectivity index (χ4v) is 6.88. The number of aromatic nitrogens is 2. The number of hydrogen-bond acceptors (Lipinski definition) is 6. The Morgan fingerprint density at radius 1 is 0.958 bits per heavy atom. The molecule has 3 aromatic rings. The van der Waals surface area contributed by atoms with E-state index in [0.29, 0.717) is 30.8 Å². The maximum absolute atomic E-state index is 13.9. The highest BCUT2D eigenvalue weighted by molar-refractivity contribution is 5.95. The van der Waals surface area contributed by atoms with Gasteiger partial charge in [-0.05, 0) is 54.2 Å². The second-order valence-corrected chi connectivity index (χ2v) is 14.1. The van der Waals surface area contributed by atoms with Gasteiger partial charge in [-0.15, -0.1) is 0 Å². The minimum Gasteiger partial charge on any atom is -0.371 e. The number of nitrogens with two attached hydrogens (primary N) is 1. The van der Waals surface area contributed by atoms with Gasteiger partial charge in [0.25, 0.3) is 5.91 Å². The normalized spacial score (nSPS) is 21.8. The van der Waals surface area contributed by atoms with Gasteiger partial charge in [0.15, 0.2) is 0 Å². The van der Waals surface area contributed by atoms with Crippen LogP contribution in [0.2, 0.25) is 0 Å². The van der Waals surface area contributed by atoms with Crippen LogP contribution in [0.1, 0.15) is 48.7 Å². The van der Waals surface area contributed by atoms with Crippen molar-refractivity contribution < 1.29 is 32.7 Å². The van der Waals surface area contributed by atoms with Crippen molar-refractivity contribution in [3.05, 3.63) is 89.2 Å². The first-order chi connectivity index (χ1) is 22.7. The quantitative estimate of drug-likeness (QED) is 0.324. The van der Waals surface area contributed by atoms with Crippen molar-refractivity contribution >= 4 is 23.6 Å². The van der Waals surface area contributed by atoms with Crippen LogP contribution in [0.5, 0.6) is 0 Å². The summed E-state index contributed by atoms with van der Waals surface area (Å²) in [7, 11) is 0. The van der Waals surface area contributed by atoms with Crippen molar-refractivity contribution in [3.8, 4) is 0 Å². The summed E-state index contributed by atoms with van der Waals surface area (Å²) in [5.74, 6) is -3.03. The van der Waals surface area contributed by atoms with E-state index in [1.54, 1.807) is 51.9 Å². The largest absolute Gasteiger partial charge is 0.371 e. The third-order valence-corrected chi connectivity index (χ3v) is 10.0. The summed E-state index contributed by atoms with van der Waals surface area (Å²) in [6.07, 6.45) is 3.07. The Kier molecular flexibility index (Phi) is 8.84. The first-order valence-corrected chi connectivity index (χ1v) is 16.1. The molecule has 48 heavy (non-hydrogen) atoms. The van der Waals surface area contributed by atoms with Crippen molar-refractivity contribution in [2.75, 3.05) is 26.2 Å². The molecular weight excluding hydrogens is 622 g/mol. The van der Waals surface area contributed by atoms with Crippen LogP contribution in [0.25, 0.3) is 0 Å². The van der Waals surface area contributed by atoms with Crippen LogP contribution in [0.3, 0.4) is 0 Å². The maximum atomic E-state index is 13.9. The zero-order valence-corrected chi connectivity index (χ0v) is 27.2. The highest BCUT2D eigenvalue weighted by atomic mass is 19.1. The number of amides is 4. The molecule has 0 bridgehead atoms. The van der Waals surface area contributed by atoms with Gasteiger partial charge in [0, 0.05) is 43.7 Å². The predicted molar refractivity (Wildman–Crippen MR) is 170 cm³/mol. The maximum Gasteiger partial charge on any atom is 0.257 e. The first kappa shape index (κ1) is 33.3. The van der Waals surface area contributed by atoms with Crippen molar-refractivity contribution in [2.24, 2.45) is 28.4 Å². The molecule has 11 nitrogen and oxygen atoms in total. The van der Waals surface area contributed by atoms with Crippen LogP contribution >= 0.6 is 0 Å². The fourth-order valence-electron chi connectivity index (χ4n) is 6.88. The fraction of sp³-hybridized carbons (Fsp3) is 0.457. The van der Waals surface area contributed by atoms with Crippen LogP contribution in [-0.2, 0) is 32.3 Å². The molecule has 1 spiro atoms. The molecule has 3 fully saturated rings. The summed E-state index contributed by atoms with van der Waals surface area (Å²) in [5, 5.41) is 7.08. The molecule has 3 heterocycles. The van der Waals surface area contributed by atoms with Gasteiger partial charge in [-0.3, -0.25) is 23.9 Å². The standard InChI is InChI=1S/C35H40F2N6O5/c1-21(48-17-23-6-10-26(37)11-7-23)29(30(38)44)40-31(45)28-16-41(18-35(28)19-42(20-35)33(47)27-12-34(27,2)3)32(46)24-13-39-43(15-24)14-22-4-8-25(36)9-5-22/h4-11,13,15,21,27-29H,12,14,16-20H2,1-3H3,(H2,38,44)(H,40,45)/t21-,27-,28?,29+/m1/s1. The van der Waals surface area contributed by atoms with Gasteiger partial charge in [-0.25, -0.2) is 8.78 Å². The van der Waals surface area contributed by atoms with Gasteiger partial charge in [0.05, 0.1) is 36.9 Å². The highest BCUT2D eigenvalue weighted by Crippen LogP contribution is 2.54. The molecule has 4 amide bonds.